The minimum Gasteiger partial charge on any atom is -0.333 e. The first-order valence-electron chi connectivity index (χ1n) is 11.3. The van der Waals surface area contributed by atoms with E-state index in [2.05, 4.69) is 21.3 Å². The van der Waals surface area contributed by atoms with Gasteiger partial charge in [-0.3, -0.25) is 9.47 Å². The van der Waals surface area contributed by atoms with Crippen molar-refractivity contribution in [2.75, 3.05) is 13.1 Å². The molecule has 0 atom stereocenters. The van der Waals surface area contributed by atoms with E-state index in [1.54, 1.807) is 29.0 Å². The Hall–Kier alpha value is -3.19. The van der Waals surface area contributed by atoms with E-state index in [4.69, 9.17) is 23.2 Å². The van der Waals surface area contributed by atoms with Crippen molar-refractivity contribution in [3.8, 4) is 0 Å². The van der Waals surface area contributed by atoms with Gasteiger partial charge in [0, 0.05) is 49.9 Å². The number of fused-ring (bicyclic) bond motifs is 3. The van der Waals surface area contributed by atoms with E-state index in [1.807, 2.05) is 30.3 Å². The SMILES string of the molecule is O=C(NCc1ccnc(Cl)c1)n1c2c(c3cccc(Cl)c31)CN(C/C=C/c1ccc(F)cc1)CC2. The zero-order valence-electron chi connectivity index (χ0n) is 18.8. The molecule has 3 heterocycles. The van der Waals surface area contributed by atoms with Crippen LogP contribution < -0.4 is 5.32 Å². The van der Waals surface area contributed by atoms with Crippen LogP contribution in [0.25, 0.3) is 17.0 Å². The van der Waals surface area contributed by atoms with Gasteiger partial charge in [0.25, 0.3) is 0 Å². The average molecular weight is 509 g/mol. The smallest absolute Gasteiger partial charge is 0.326 e. The van der Waals surface area contributed by atoms with Crippen molar-refractivity contribution in [2.45, 2.75) is 19.5 Å². The maximum absolute atomic E-state index is 13.3. The lowest BCUT2D eigenvalue weighted by atomic mass is 10.0. The monoisotopic (exact) mass is 508 g/mol. The molecule has 0 aliphatic carbocycles. The van der Waals surface area contributed by atoms with Gasteiger partial charge < -0.3 is 5.32 Å². The Labute approximate surface area is 212 Å². The number of nitrogens with zero attached hydrogens (tertiary/aromatic N) is 3. The Kier molecular flexibility index (Phi) is 6.86. The summed E-state index contributed by atoms with van der Waals surface area (Å²) in [5, 5.41) is 4.91. The van der Waals surface area contributed by atoms with Gasteiger partial charge in [-0.05, 0) is 47.0 Å². The molecule has 0 saturated heterocycles. The molecular weight excluding hydrogens is 486 g/mol. The Bertz CT molecular complexity index is 1410. The molecule has 1 aliphatic rings. The van der Waals surface area contributed by atoms with Crippen molar-refractivity contribution in [3.63, 3.8) is 0 Å². The molecule has 1 amide bonds. The number of para-hydroxylation sites is 1. The Morgan fingerprint density at radius 3 is 2.77 bits per heavy atom. The van der Waals surface area contributed by atoms with E-state index in [-0.39, 0.29) is 11.8 Å². The number of hydrogen-bond donors (Lipinski definition) is 1. The van der Waals surface area contributed by atoms with Crippen molar-refractivity contribution in [1.82, 2.24) is 19.8 Å². The summed E-state index contributed by atoms with van der Waals surface area (Å²) in [4.78, 5) is 19.6. The third kappa shape index (κ3) is 5.10. The normalized spacial score (nSPS) is 13.9. The lowest BCUT2D eigenvalue weighted by Crippen LogP contribution is -2.34. The van der Waals surface area contributed by atoms with Gasteiger partial charge in [-0.1, -0.05) is 59.6 Å². The lowest BCUT2D eigenvalue weighted by molar-refractivity contribution is 0.240. The first-order chi connectivity index (χ1) is 17.0. The van der Waals surface area contributed by atoms with Crippen LogP contribution in [0.4, 0.5) is 9.18 Å². The van der Waals surface area contributed by atoms with Gasteiger partial charge in [-0.25, -0.2) is 14.2 Å². The molecule has 35 heavy (non-hydrogen) atoms. The molecule has 0 fully saturated rings. The Morgan fingerprint density at radius 2 is 1.97 bits per heavy atom. The summed E-state index contributed by atoms with van der Waals surface area (Å²) in [6.45, 7) is 2.60. The van der Waals surface area contributed by atoms with Crippen LogP contribution in [-0.2, 0) is 19.5 Å². The summed E-state index contributed by atoms with van der Waals surface area (Å²) in [6, 6.07) is 15.5. The maximum atomic E-state index is 13.3. The van der Waals surface area contributed by atoms with E-state index >= 15 is 0 Å². The topological polar surface area (TPSA) is 50.2 Å². The largest absolute Gasteiger partial charge is 0.333 e. The molecule has 8 heteroatoms. The predicted octanol–water partition coefficient (Wildman–Crippen LogP) is 6.31. The first-order valence-corrected chi connectivity index (χ1v) is 12.1. The fourth-order valence-corrected chi connectivity index (χ4v) is 4.97. The van der Waals surface area contributed by atoms with Crippen molar-refractivity contribution in [1.29, 1.82) is 0 Å². The van der Waals surface area contributed by atoms with Crippen molar-refractivity contribution in [3.05, 3.63) is 105 Å². The maximum Gasteiger partial charge on any atom is 0.326 e. The fraction of sp³-hybridized carbons (Fsp3) is 0.185. The van der Waals surface area contributed by atoms with Gasteiger partial charge in [0.05, 0.1) is 10.5 Å². The highest BCUT2D eigenvalue weighted by Gasteiger charge is 2.27. The molecular formula is C27H23Cl2FN4O. The minimum absolute atomic E-state index is 0.220. The second-order valence-corrected chi connectivity index (χ2v) is 9.28. The zero-order chi connectivity index (χ0) is 24.4. The number of aromatic nitrogens is 2. The van der Waals surface area contributed by atoms with Crippen LogP contribution in [0.5, 0.6) is 0 Å². The molecule has 4 aromatic rings. The van der Waals surface area contributed by atoms with E-state index in [0.717, 1.165) is 52.8 Å². The van der Waals surface area contributed by atoms with Crippen LogP contribution in [0.3, 0.4) is 0 Å². The molecule has 0 bridgehead atoms. The third-order valence-corrected chi connectivity index (χ3v) is 6.69. The van der Waals surface area contributed by atoms with E-state index in [1.165, 1.54) is 12.1 Å². The number of carbonyl (C=O) groups is 1. The predicted molar refractivity (Wildman–Crippen MR) is 138 cm³/mol. The zero-order valence-corrected chi connectivity index (χ0v) is 20.4. The highest BCUT2D eigenvalue weighted by molar-refractivity contribution is 6.35. The number of halogens is 3. The van der Waals surface area contributed by atoms with Crippen LogP contribution in [0.2, 0.25) is 10.2 Å². The molecule has 2 aromatic carbocycles. The lowest BCUT2D eigenvalue weighted by Gasteiger charge is -2.27. The summed E-state index contributed by atoms with van der Waals surface area (Å²) in [7, 11) is 0. The summed E-state index contributed by atoms with van der Waals surface area (Å²) >= 11 is 12.6. The molecule has 5 nitrogen and oxygen atoms in total. The standard InChI is InChI=1S/C27H23Cl2FN4O/c28-23-5-1-4-21-22-17-33(13-2-3-18-6-8-20(30)9-7-18)14-11-24(22)34(26(21)23)27(35)32-16-19-10-12-31-25(29)15-19/h1-10,12,15H,11,13-14,16-17H2,(H,32,35)/b3-2+. The second-order valence-electron chi connectivity index (χ2n) is 8.48. The number of carbonyl (C=O) groups excluding carboxylic acids is 1. The fourth-order valence-electron chi connectivity index (χ4n) is 4.52. The molecule has 178 valence electrons. The van der Waals surface area contributed by atoms with E-state index in [9.17, 15) is 9.18 Å². The summed E-state index contributed by atoms with van der Waals surface area (Å²) in [5.74, 6) is -0.241. The van der Waals surface area contributed by atoms with Gasteiger partial charge in [0.15, 0.2) is 0 Å². The first kappa shape index (κ1) is 23.5. The number of amides is 1. The number of benzene rings is 2. The van der Waals surface area contributed by atoms with Crippen LogP contribution in [0, 0.1) is 5.82 Å². The van der Waals surface area contributed by atoms with Crippen molar-refractivity contribution in [2.24, 2.45) is 0 Å². The van der Waals surface area contributed by atoms with Crippen LogP contribution in [0.1, 0.15) is 22.4 Å². The van der Waals surface area contributed by atoms with Gasteiger partial charge >= 0.3 is 6.03 Å². The van der Waals surface area contributed by atoms with Crippen molar-refractivity contribution < 1.29 is 9.18 Å². The summed E-state index contributed by atoms with van der Waals surface area (Å²) < 4.78 is 14.8. The van der Waals surface area contributed by atoms with Gasteiger partial charge in [-0.15, -0.1) is 0 Å². The highest BCUT2D eigenvalue weighted by Crippen LogP contribution is 2.34. The number of nitrogens with one attached hydrogen (secondary N) is 1. The van der Waals surface area contributed by atoms with Crippen LogP contribution >= 0.6 is 23.2 Å². The van der Waals surface area contributed by atoms with E-state index in [0.29, 0.717) is 23.3 Å². The quantitative estimate of drug-likeness (QED) is 0.321. The summed E-state index contributed by atoms with van der Waals surface area (Å²) in [6.07, 6.45) is 6.41. The molecule has 0 radical (unpaired) electrons. The Balaban J connectivity index is 1.37. The number of pyridine rings is 1. The molecule has 0 saturated carbocycles. The molecule has 2 aromatic heterocycles. The molecule has 1 N–H and O–H groups in total. The third-order valence-electron chi connectivity index (χ3n) is 6.18. The Morgan fingerprint density at radius 1 is 1.14 bits per heavy atom. The van der Waals surface area contributed by atoms with Crippen LogP contribution in [-0.4, -0.2) is 33.6 Å². The van der Waals surface area contributed by atoms with Gasteiger partial charge in [-0.2, -0.15) is 0 Å². The van der Waals surface area contributed by atoms with E-state index < -0.39 is 0 Å². The average Bonchev–Trinajstić information content (AvgIpc) is 3.19. The number of rotatable bonds is 5. The van der Waals surface area contributed by atoms with Crippen molar-refractivity contribution >= 4 is 46.2 Å². The molecule has 0 spiro atoms. The number of hydrogen-bond acceptors (Lipinski definition) is 3. The second kappa shape index (κ2) is 10.2. The minimum atomic E-state index is -0.241. The molecule has 1 aliphatic heterocycles. The van der Waals surface area contributed by atoms with Gasteiger partial charge in [0.1, 0.15) is 11.0 Å². The van der Waals surface area contributed by atoms with Gasteiger partial charge in [0.2, 0.25) is 0 Å². The highest BCUT2D eigenvalue weighted by atomic mass is 35.5. The summed E-state index contributed by atoms with van der Waals surface area (Å²) in [5.41, 5.74) is 4.66. The molecule has 5 rings (SSSR count). The van der Waals surface area contributed by atoms with Crippen LogP contribution in [0.15, 0.2) is 66.9 Å². The molecule has 0 unspecified atom stereocenters.